The molecule has 0 spiro atoms. The quantitative estimate of drug-likeness (QED) is 0.215. The standard InChI is InChI=1S/C8H12O4.C6H8N2O2.ClH.H2N2.H2/c1-3-11-6-5-7(9)8(10)12-4-2;1-2-10-6(9)5-3-4-7-8-5;;1-2;/h5-6H,3-4H2,1-2H3;3-4H,2H2,1H3,(H,7,8);1H;1-2H;1H/b6-5+;;;;. The van der Waals surface area contributed by atoms with Gasteiger partial charge in [0.2, 0.25) is 0 Å². The molecule has 0 aliphatic heterocycles. The van der Waals surface area contributed by atoms with Crippen LogP contribution in [-0.2, 0) is 23.8 Å². The molecule has 10 nitrogen and oxygen atoms in total. The summed E-state index contributed by atoms with van der Waals surface area (Å²) in [6, 6.07) is 1.57. The molecule has 144 valence electrons. The molecule has 0 aliphatic carbocycles. The first-order chi connectivity index (χ1) is 11.6. The molecule has 0 aliphatic rings. The highest BCUT2D eigenvalue weighted by molar-refractivity contribution is 6.38. The van der Waals surface area contributed by atoms with Crippen LogP contribution in [0.5, 0.6) is 0 Å². The van der Waals surface area contributed by atoms with Crippen molar-refractivity contribution in [2.24, 2.45) is 0 Å². The lowest BCUT2D eigenvalue weighted by Gasteiger charge is -1.95. The summed E-state index contributed by atoms with van der Waals surface area (Å²) in [7, 11) is 0. The number of aromatic amines is 1. The Morgan fingerprint density at radius 1 is 1.16 bits per heavy atom. The van der Waals surface area contributed by atoms with Crippen molar-refractivity contribution in [3.8, 4) is 0 Å². The molecule has 11 heteroatoms. The highest BCUT2D eigenvalue weighted by Crippen LogP contribution is 1.93. The van der Waals surface area contributed by atoms with Crippen LogP contribution in [0.3, 0.4) is 0 Å². The number of ketones is 1. The highest BCUT2D eigenvalue weighted by atomic mass is 35.5. The molecular formula is C14H25ClN4O6. The van der Waals surface area contributed by atoms with Crippen molar-refractivity contribution >= 4 is 30.1 Å². The number of carbonyl (C=O) groups excluding carboxylic acids is 3. The Morgan fingerprint density at radius 2 is 1.76 bits per heavy atom. The predicted octanol–water partition coefficient (Wildman–Crippen LogP) is 2.52. The normalized spacial score (nSPS) is 8.60. The first-order valence-corrected chi connectivity index (χ1v) is 6.97. The van der Waals surface area contributed by atoms with Gasteiger partial charge in [0.25, 0.3) is 5.78 Å². The molecule has 0 saturated heterocycles. The smallest absolute Gasteiger partial charge is 0.379 e. The van der Waals surface area contributed by atoms with E-state index in [1.165, 1.54) is 12.5 Å². The van der Waals surface area contributed by atoms with Crippen molar-refractivity contribution in [1.82, 2.24) is 10.2 Å². The number of carbonyl (C=O) groups is 3. The molecule has 0 saturated carbocycles. The van der Waals surface area contributed by atoms with E-state index in [2.05, 4.69) is 19.7 Å². The third kappa shape index (κ3) is 14.6. The van der Waals surface area contributed by atoms with Gasteiger partial charge in [0.15, 0.2) is 0 Å². The summed E-state index contributed by atoms with van der Waals surface area (Å²) < 4.78 is 13.8. The summed E-state index contributed by atoms with van der Waals surface area (Å²) >= 11 is 0. The molecule has 1 aromatic rings. The summed E-state index contributed by atoms with van der Waals surface area (Å²) in [5.74, 6) is -1.92. The van der Waals surface area contributed by atoms with Crippen LogP contribution < -0.4 is 0 Å². The maximum atomic E-state index is 10.8. The molecular weight excluding hydrogens is 356 g/mol. The third-order valence-electron chi connectivity index (χ3n) is 1.96. The zero-order valence-corrected chi connectivity index (χ0v) is 15.1. The largest absolute Gasteiger partial charge is 0.501 e. The van der Waals surface area contributed by atoms with E-state index < -0.39 is 11.8 Å². The molecule has 0 atom stereocenters. The minimum Gasteiger partial charge on any atom is -0.501 e. The van der Waals surface area contributed by atoms with Crippen LogP contribution in [-0.4, -0.2) is 47.7 Å². The van der Waals surface area contributed by atoms with E-state index in [1.807, 2.05) is 0 Å². The summed E-state index contributed by atoms with van der Waals surface area (Å²) in [5.41, 5.74) is 10.4. The molecule has 1 aromatic heterocycles. The SMILES string of the molecule is CCO/C=C/C(=O)C(=O)OCC.CCOC(=O)c1ccn[nH]1.Cl.N=N.[HH]. The maximum absolute atomic E-state index is 10.8. The molecule has 1 heterocycles. The van der Waals surface area contributed by atoms with E-state index in [9.17, 15) is 14.4 Å². The molecule has 0 radical (unpaired) electrons. The molecule has 0 fully saturated rings. The van der Waals surface area contributed by atoms with Crippen molar-refractivity contribution in [2.75, 3.05) is 19.8 Å². The Morgan fingerprint density at radius 3 is 2.20 bits per heavy atom. The fraction of sp³-hybridized carbons (Fsp3) is 0.429. The second-order valence-electron chi connectivity index (χ2n) is 3.53. The molecule has 0 aromatic carbocycles. The van der Waals surface area contributed by atoms with Crippen LogP contribution in [0.25, 0.3) is 0 Å². The van der Waals surface area contributed by atoms with E-state index in [4.69, 9.17) is 15.8 Å². The van der Waals surface area contributed by atoms with Crippen molar-refractivity contribution in [1.29, 1.82) is 11.1 Å². The molecule has 0 unspecified atom stereocenters. The fourth-order valence-corrected chi connectivity index (χ4v) is 1.05. The van der Waals surface area contributed by atoms with E-state index in [-0.39, 0.29) is 26.4 Å². The number of hydrogen-bond donors (Lipinski definition) is 3. The van der Waals surface area contributed by atoms with Gasteiger partial charge in [0, 0.05) is 13.7 Å². The highest BCUT2D eigenvalue weighted by Gasteiger charge is 2.09. The van der Waals surface area contributed by atoms with Gasteiger partial charge in [-0.15, -0.1) is 12.4 Å². The monoisotopic (exact) mass is 380 g/mol. The van der Waals surface area contributed by atoms with Crippen LogP contribution >= 0.6 is 12.4 Å². The number of nitrogens with zero attached hydrogens (tertiary/aromatic N) is 1. The Labute approximate surface area is 153 Å². The van der Waals surface area contributed by atoms with Crippen LogP contribution in [0.15, 0.2) is 24.6 Å². The Kier molecular flexibility index (Phi) is 20.9. The Bertz CT molecular complexity index is 514. The van der Waals surface area contributed by atoms with E-state index >= 15 is 0 Å². The lowest BCUT2D eigenvalue weighted by Crippen LogP contribution is -2.14. The lowest BCUT2D eigenvalue weighted by molar-refractivity contribution is -0.151. The first-order valence-electron chi connectivity index (χ1n) is 6.97. The van der Waals surface area contributed by atoms with Gasteiger partial charge in [-0.1, -0.05) is 0 Å². The van der Waals surface area contributed by atoms with Gasteiger partial charge in [-0.2, -0.15) is 5.10 Å². The fourth-order valence-electron chi connectivity index (χ4n) is 1.05. The van der Waals surface area contributed by atoms with E-state index in [1.54, 1.807) is 26.8 Å². The molecule has 0 bridgehead atoms. The number of ether oxygens (including phenoxy) is 3. The van der Waals surface area contributed by atoms with Gasteiger partial charge in [0.05, 0.1) is 26.1 Å². The van der Waals surface area contributed by atoms with Crippen LogP contribution in [0.4, 0.5) is 0 Å². The van der Waals surface area contributed by atoms with Crippen LogP contribution in [0, 0.1) is 11.1 Å². The Hall–Kier alpha value is -2.75. The Balaban J connectivity index is -0.000000160. The van der Waals surface area contributed by atoms with Crippen LogP contribution in [0.2, 0.25) is 0 Å². The van der Waals surface area contributed by atoms with Gasteiger partial charge in [-0.3, -0.25) is 9.89 Å². The zero-order chi connectivity index (χ0) is 18.8. The molecule has 3 N–H and O–H groups in total. The van der Waals surface area contributed by atoms with Crippen molar-refractivity contribution in [2.45, 2.75) is 20.8 Å². The molecule has 1 rings (SSSR count). The van der Waals surface area contributed by atoms with Crippen molar-refractivity contribution < 1.29 is 30.0 Å². The van der Waals surface area contributed by atoms with Gasteiger partial charge >= 0.3 is 11.9 Å². The summed E-state index contributed by atoms with van der Waals surface area (Å²) in [6.07, 6.45) is 3.73. The van der Waals surface area contributed by atoms with E-state index in [0.717, 1.165) is 6.08 Å². The topological polar surface area (TPSA) is 155 Å². The number of H-pyrrole nitrogens is 1. The van der Waals surface area contributed by atoms with Gasteiger partial charge in [0.1, 0.15) is 5.69 Å². The van der Waals surface area contributed by atoms with Crippen LogP contribution in [0.1, 0.15) is 32.7 Å². The minimum absolute atomic E-state index is 0. The lowest BCUT2D eigenvalue weighted by atomic mass is 10.4. The average Bonchev–Trinajstić information content (AvgIpc) is 3.12. The van der Waals surface area contributed by atoms with Gasteiger partial charge in [-0.05, 0) is 26.8 Å². The third-order valence-corrected chi connectivity index (χ3v) is 1.96. The number of nitrogens with one attached hydrogen (secondary N) is 3. The van der Waals surface area contributed by atoms with Crippen molar-refractivity contribution in [3.05, 3.63) is 30.3 Å². The number of aromatic nitrogens is 2. The summed E-state index contributed by atoms with van der Waals surface area (Å²) in [4.78, 5) is 32.2. The van der Waals surface area contributed by atoms with Gasteiger partial charge < -0.3 is 14.2 Å². The van der Waals surface area contributed by atoms with Gasteiger partial charge in [-0.25, -0.2) is 20.7 Å². The zero-order valence-electron chi connectivity index (χ0n) is 14.2. The summed E-state index contributed by atoms with van der Waals surface area (Å²) in [5, 5.41) is 6.10. The van der Waals surface area contributed by atoms with Crippen molar-refractivity contribution in [3.63, 3.8) is 0 Å². The second-order valence-corrected chi connectivity index (χ2v) is 3.53. The van der Waals surface area contributed by atoms with E-state index in [0.29, 0.717) is 18.9 Å². The average molecular weight is 381 g/mol. The minimum atomic E-state index is -0.853. The number of rotatable bonds is 7. The molecule has 0 amide bonds. The number of esters is 2. The maximum Gasteiger partial charge on any atom is 0.379 e. The number of halogens is 1. The first kappa shape index (κ1) is 27.1. The summed E-state index contributed by atoms with van der Waals surface area (Å²) in [6.45, 7) is 6.22. The number of hydrogen-bond acceptors (Lipinski definition) is 9. The second kappa shape index (κ2) is 19.3. The predicted molar refractivity (Wildman–Crippen MR) is 91.8 cm³/mol. The molecule has 25 heavy (non-hydrogen) atoms.